The normalized spacial score (nSPS) is 18.3. The van der Waals surface area contributed by atoms with Crippen LogP contribution < -0.4 is 10.3 Å². The molecule has 2 saturated heterocycles. The summed E-state index contributed by atoms with van der Waals surface area (Å²) in [5.41, 5.74) is 3.03. The van der Waals surface area contributed by atoms with Gasteiger partial charge in [0.05, 0.1) is 5.69 Å². The zero-order chi connectivity index (χ0) is 20.3. The number of carbonyl (C=O) groups is 2. The van der Waals surface area contributed by atoms with E-state index in [0.29, 0.717) is 37.4 Å². The van der Waals surface area contributed by atoms with Crippen LogP contribution in [0.5, 0.6) is 0 Å². The monoisotopic (exact) mass is 392 g/mol. The molecule has 2 fully saturated rings. The van der Waals surface area contributed by atoms with E-state index in [-0.39, 0.29) is 12.0 Å². The molecule has 0 saturated carbocycles. The van der Waals surface area contributed by atoms with Crippen LogP contribution in [0.25, 0.3) is 0 Å². The second-order valence-electron chi connectivity index (χ2n) is 8.26. The zero-order valence-electron chi connectivity index (χ0n) is 16.8. The number of hydrogen-bond donors (Lipinski definition) is 1. The maximum absolute atomic E-state index is 14.6. The lowest BCUT2D eigenvalue weighted by atomic mass is 10.1. The van der Waals surface area contributed by atoms with Crippen molar-refractivity contribution < 1.29 is 18.7 Å². The van der Waals surface area contributed by atoms with Crippen molar-refractivity contribution in [1.82, 2.24) is 15.3 Å². The molecule has 0 radical (unpaired) electrons. The van der Waals surface area contributed by atoms with Gasteiger partial charge in [-0.25, -0.2) is 14.2 Å². The maximum Gasteiger partial charge on any atom is 0.410 e. The van der Waals surface area contributed by atoms with E-state index in [4.69, 9.17) is 4.74 Å². The summed E-state index contributed by atoms with van der Waals surface area (Å²) in [6.07, 6.45) is 1.77. The van der Waals surface area contributed by atoms with Gasteiger partial charge in [-0.2, -0.15) is 0 Å². The van der Waals surface area contributed by atoms with Crippen molar-refractivity contribution in [2.75, 3.05) is 44.2 Å². The molecule has 0 aliphatic carbocycles. The fourth-order valence-electron chi connectivity index (χ4n) is 3.40. The summed E-state index contributed by atoms with van der Waals surface area (Å²) in [5.74, 6) is -0.720. The van der Waals surface area contributed by atoms with Crippen molar-refractivity contribution in [3.8, 4) is 0 Å². The number of halogens is 1. The van der Waals surface area contributed by atoms with Crippen LogP contribution in [0.15, 0.2) is 18.2 Å². The van der Waals surface area contributed by atoms with Crippen molar-refractivity contribution in [3.05, 3.63) is 29.6 Å². The van der Waals surface area contributed by atoms with Gasteiger partial charge in [-0.3, -0.25) is 10.2 Å². The van der Waals surface area contributed by atoms with Crippen LogP contribution in [0.1, 0.15) is 44.0 Å². The Balaban J connectivity index is 1.57. The third-order valence-electron chi connectivity index (χ3n) is 4.85. The van der Waals surface area contributed by atoms with Crippen LogP contribution in [0.4, 0.5) is 14.9 Å². The number of anilines is 1. The lowest BCUT2D eigenvalue weighted by Gasteiger charge is -2.36. The van der Waals surface area contributed by atoms with Gasteiger partial charge in [0, 0.05) is 44.8 Å². The molecule has 28 heavy (non-hydrogen) atoms. The molecule has 0 unspecified atom stereocenters. The van der Waals surface area contributed by atoms with Gasteiger partial charge < -0.3 is 14.5 Å². The molecule has 0 bridgehead atoms. The first kappa shape index (κ1) is 20.4. The van der Waals surface area contributed by atoms with Crippen molar-refractivity contribution in [2.45, 2.75) is 39.2 Å². The predicted molar refractivity (Wildman–Crippen MR) is 105 cm³/mol. The van der Waals surface area contributed by atoms with Gasteiger partial charge in [0.2, 0.25) is 0 Å². The Labute approximate surface area is 165 Å². The highest BCUT2D eigenvalue weighted by Crippen LogP contribution is 2.23. The smallest absolute Gasteiger partial charge is 0.410 e. The number of rotatable bonds is 3. The lowest BCUT2D eigenvalue weighted by molar-refractivity contribution is 0.0240. The molecule has 1 aromatic carbocycles. The number of piperazine rings is 1. The maximum atomic E-state index is 14.6. The Morgan fingerprint density at radius 2 is 1.68 bits per heavy atom. The number of ether oxygens (including phenoxy) is 1. The summed E-state index contributed by atoms with van der Waals surface area (Å²) in [6, 6.07) is 4.56. The van der Waals surface area contributed by atoms with E-state index in [0.717, 1.165) is 25.9 Å². The Morgan fingerprint density at radius 3 is 2.25 bits per heavy atom. The first-order valence-corrected chi connectivity index (χ1v) is 9.81. The van der Waals surface area contributed by atoms with E-state index >= 15 is 0 Å². The van der Waals surface area contributed by atoms with Crippen molar-refractivity contribution in [2.24, 2.45) is 0 Å². The summed E-state index contributed by atoms with van der Waals surface area (Å²) in [7, 11) is 0. The lowest BCUT2D eigenvalue weighted by Crippen LogP contribution is -2.50. The van der Waals surface area contributed by atoms with Crippen LogP contribution in [0.2, 0.25) is 0 Å². The van der Waals surface area contributed by atoms with Gasteiger partial charge in [0.1, 0.15) is 11.4 Å². The van der Waals surface area contributed by atoms with E-state index in [1.54, 1.807) is 17.0 Å². The molecule has 7 nitrogen and oxygen atoms in total. The Hall–Kier alpha value is -2.35. The number of carbonyl (C=O) groups excluding carboxylic acids is 2. The number of hydrogen-bond acceptors (Lipinski definition) is 5. The number of nitrogens with zero attached hydrogens (tertiary/aromatic N) is 3. The molecule has 1 aromatic rings. The van der Waals surface area contributed by atoms with E-state index < -0.39 is 11.4 Å². The largest absolute Gasteiger partial charge is 0.444 e. The van der Waals surface area contributed by atoms with Crippen molar-refractivity contribution in [1.29, 1.82) is 0 Å². The summed E-state index contributed by atoms with van der Waals surface area (Å²) < 4.78 is 20.0. The minimum atomic E-state index is -0.536. The van der Waals surface area contributed by atoms with Crippen LogP contribution in [0.3, 0.4) is 0 Å². The Morgan fingerprint density at radius 1 is 1.04 bits per heavy atom. The first-order valence-electron chi connectivity index (χ1n) is 9.81. The molecular weight excluding hydrogens is 363 g/mol. The minimum Gasteiger partial charge on any atom is -0.444 e. The molecule has 2 aliphatic rings. The highest BCUT2D eigenvalue weighted by atomic mass is 19.1. The average molecular weight is 392 g/mol. The SMILES string of the molecule is CC(C)(C)OC(=O)N1CCN(c2ccc(C(=O)NN3CCCC3)cc2F)CC1. The summed E-state index contributed by atoms with van der Waals surface area (Å²) in [4.78, 5) is 28.0. The van der Waals surface area contributed by atoms with E-state index in [9.17, 15) is 14.0 Å². The Bertz CT molecular complexity index is 721. The molecule has 0 atom stereocenters. The molecule has 0 spiro atoms. The van der Waals surface area contributed by atoms with E-state index in [1.807, 2.05) is 30.7 Å². The van der Waals surface area contributed by atoms with Crippen LogP contribution in [-0.2, 0) is 4.74 Å². The standard InChI is InChI=1S/C20H29FN4O3/c1-20(2,3)28-19(27)24-12-10-23(11-13-24)17-7-6-15(14-16(17)21)18(26)22-25-8-4-5-9-25/h6-7,14H,4-5,8-13H2,1-3H3,(H,22,26). The van der Waals surface area contributed by atoms with E-state index in [1.165, 1.54) is 6.07 Å². The second kappa shape index (κ2) is 8.34. The number of amides is 2. The number of hydrazine groups is 1. The summed E-state index contributed by atoms with van der Waals surface area (Å²) >= 11 is 0. The molecule has 3 rings (SSSR count). The molecule has 154 valence electrons. The van der Waals surface area contributed by atoms with Gasteiger partial charge in [0.15, 0.2) is 0 Å². The summed E-state index contributed by atoms with van der Waals surface area (Å²) in [5, 5.41) is 1.87. The topological polar surface area (TPSA) is 65.1 Å². The molecule has 8 heteroatoms. The zero-order valence-corrected chi connectivity index (χ0v) is 16.8. The Kier molecular flexibility index (Phi) is 6.07. The quantitative estimate of drug-likeness (QED) is 0.857. The molecule has 2 heterocycles. The van der Waals surface area contributed by atoms with Crippen LogP contribution in [-0.4, -0.2) is 66.8 Å². The molecular formula is C20H29FN4O3. The number of benzene rings is 1. The fraction of sp³-hybridized carbons (Fsp3) is 0.600. The van der Waals surface area contributed by atoms with E-state index in [2.05, 4.69) is 5.43 Å². The predicted octanol–water partition coefficient (Wildman–Crippen LogP) is 2.62. The van der Waals surface area contributed by atoms with Gasteiger partial charge in [-0.05, 0) is 51.8 Å². The van der Waals surface area contributed by atoms with Crippen molar-refractivity contribution in [3.63, 3.8) is 0 Å². The van der Waals surface area contributed by atoms with Gasteiger partial charge in [0.25, 0.3) is 5.91 Å². The average Bonchev–Trinajstić information content (AvgIpc) is 3.13. The third kappa shape index (κ3) is 5.13. The molecule has 0 aromatic heterocycles. The first-order chi connectivity index (χ1) is 13.2. The molecule has 2 aliphatic heterocycles. The van der Waals surface area contributed by atoms with Crippen LogP contribution >= 0.6 is 0 Å². The van der Waals surface area contributed by atoms with Gasteiger partial charge in [-0.15, -0.1) is 0 Å². The molecule has 1 N–H and O–H groups in total. The summed E-state index contributed by atoms with van der Waals surface area (Å²) in [6.45, 7) is 9.10. The van der Waals surface area contributed by atoms with Crippen LogP contribution in [0, 0.1) is 5.82 Å². The van der Waals surface area contributed by atoms with Crippen molar-refractivity contribution >= 4 is 17.7 Å². The second-order valence-corrected chi connectivity index (χ2v) is 8.26. The highest BCUT2D eigenvalue weighted by Gasteiger charge is 2.27. The minimum absolute atomic E-state index is 0.290. The number of nitrogens with one attached hydrogen (secondary N) is 1. The fourth-order valence-corrected chi connectivity index (χ4v) is 3.40. The van der Waals surface area contributed by atoms with Gasteiger partial charge >= 0.3 is 6.09 Å². The molecule has 2 amide bonds. The van der Waals surface area contributed by atoms with Gasteiger partial charge in [-0.1, -0.05) is 0 Å². The third-order valence-corrected chi connectivity index (χ3v) is 4.85. The highest BCUT2D eigenvalue weighted by molar-refractivity contribution is 5.94.